The van der Waals surface area contributed by atoms with Crippen molar-refractivity contribution in [1.82, 2.24) is 0 Å². The molecule has 0 unspecified atom stereocenters. The number of hydrogen-bond donors (Lipinski definition) is 0. The predicted octanol–water partition coefficient (Wildman–Crippen LogP) is 20.3. The van der Waals surface area contributed by atoms with Crippen LogP contribution in [0.25, 0.3) is 76.8 Å². The van der Waals surface area contributed by atoms with E-state index in [-0.39, 0.29) is 11.6 Å². The van der Waals surface area contributed by atoms with Gasteiger partial charge in [-0.25, -0.2) is 8.78 Å². The third kappa shape index (κ3) is 8.32. The van der Waals surface area contributed by atoms with E-state index in [9.17, 15) is 0 Å². The number of anilines is 6. The van der Waals surface area contributed by atoms with Crippen molar-refractivity contribution < 1.29 is 8.78 Å². The van der Waals surface area contributed by atoms with Crippen LogP contribution < -0.4 is 9.80 Å². The van der Waals surface area contributed by atoms with Crippen molar-refractivity contribution >= 4 is 66.4 Å². The van der Waals surface area contributed by atoms with Crippen molar-refractivity contribution in [1.29, 1.82) is 0 Å². The molecule has 74 heavy (non-hydrogen) atoms. The van der Waals surface area contributed by atoms with Crippen molar-refractivity contribution in [3.8, 4) is 44.5 Å². The second kappa shape index (κ2) is 18.6. The van der Waals surface area contributed by atoms with Gasteiger partial charge in [0.05, 0.1) is 22.7 Å². The van der Waals surface area contributed by atoms with Crippen molar-refractivity contribution in [2.75, 3.05) is 9.80 Å². The van der Waals surface area contributed by atoms with Gasteiger partial charge in [0.2, 0.25) is 0 Å². The van der Waals surface area contributed by atoms with Gasteiger partial charge in [-0.15, -0.1) is 0 Å². The Morgan fingerprint density at radius 2 is 0.622 bits per heavy atom. The van der Waals surface area contributed by atoms with E-state index >= 15 is 8.78 Å². The number of aryl methyl sites for hydroxylation is 6. The minimum atomic E-state index is -0.332. The maximum absolute atomic E-state index is 17.9. The molecule has 0 aromatic heterocycles. The molecule has 0 amide bonds. The zero-order valence-corrected chi connectivity index (χ0v) is 42.4. The molecular formula is C70H54F2N2. The van der Waals surface area contributed by atoms with E-state index < -0.39 is 0 Å². The van der Waals surface area contributed by atoms with Crippen LogP contribution in [0.4, 0.5) is 42.9 Å². The second-order valence-corrected chi connectivity index (χ2v) is 20.1. The van der Waals surface area contributed by atoms with Crippen LogP contribution in [-0.4, -0.2) is 0 Å². The van der Waals surface area contributed by atoms with E-state index in [0.29, 0.717) is 11.4 Å². The predicted molar refractivity (Wildman–Crippen MR) is 310 cm³/mol. The topological polar surface area (TPSA) is 6.48 Å². The molecule has 2 nitrogen and oxygen atoms in total. The summed E-state index contributed by atoms with van der Waals surface area (Å²) in [6.07, 6.45) is 0. The molecule has 4 heteroatoms. The number of nitrogens with zero attached hydrogens (tertiary/aromatic N) is 2. The lowest BCUT2D eigenvalue weighted by atomic mass is 9.90. The van der Waals surface area contributed by atoms with E-state index in [1.165, 1.54) is 0 Å². The first-order valence-corrected chi connectivity index (χ1v) is 25.3. The molecule has 358 valence electrons. The maximum atomic E-state index is 17.9. The van der Waals surface area contributed by atoms with Crippen LogP contribution in [0.2, 0.25) is 0 Å². The van der Waals surface area contributed by atoms with E-state index in [1.54, 1.807) is 12.1 Å². The molecule has 12 rings (SSSR count). The highest BCUT2D eigenvalue weighted by molar-refractivity contribution is 6.28. The lowest BCUT2D eigenvalue weighted by Gasteiger charge is -2.32. The Balaban J connectivity index is 1.12. The van der Waals surface area contributed by atoms with Gasteiger partial charge in [-0.3, -0.25) is 0 Å². The zero-order valence-electron chi connectivity index (χ0n) is 42.4. The number of benzene rings is 12. The molecule has 0 saturated carbocycles. The highest BCUT2D eigenvalue weighted by Crippen LogP contribution is 2.52. The summed E-state index contributed by atoms with van der Waals surface area (Å²) in [4.78, 5) is 4.22. The van der Waals surface area contributed by atoms with Crippen molar-refractivity contribution in [2.45, 2.75) is 41.5 Å². The van der Waals surface area contributed by atoms with Gasteiger partial charge in [0, 0.05) is 33.3 Å². The van der Waals surface area contributed by atoms with E-state index in [0.717, 1.165) is 133 Å². The molecule has 0 N–H and O–H groups in total. The average Bonchev–Trinajstić information content (AvgIpc) is 3.40. The van der Waals surface area contributed by atoms with Gasteiger partial charge in [0.1, 0.15) is 11.6 Å². The van der Waals surface area contributed by atoms with Crippen LogP contribution in [0.3, 0.4) is 0 Å². The van der Waals surface area contributed by atoms with Crippen molar-refractivity contribution in [2.24, 2.45) is 0 Å². The highest BCUT2D eigenvalue weighted by Gasteiger charge is 2.28. The molecule has 0 atom stereocenters. The maximum Gasteiger partial charge on any atom is 0.148 e. The van der Waals surface area contributed by atoms with E-state index in [2.05, 4.69) is 245 Å². The first-order valence-electron chi connectivity index (χ1n) is 25.3. The smallest absolute Gasteiger partial charge is 0.148 e. The normalized spacial score (nSPS) is 11.5. The summed E-state index contributed by atoms with van der Waals surface area (Å²) in [7, 11) is 0. The molecule has 0 fully saturated rings. The molecule has 0 saturated heterocycles. The summed E-state index contributed by atoms with van der Waals surface area (Å²) in [5.41, 5.74) is 17.8. The van der Waals surface area contributed by atoms with Crippen LogP contribution in [0, 0.1) is 53.2 Å². The van der Waals surface area contributed by atoms with Gasteiger partial charge in [-0.05, 0) is 168 Å². The molecule has 0 aliphatic heterocycles. The Morgan fingerprint density at radius 1 is 0.284 bits per heavy atom. The summed E-state index contributed by atoms with van der Waals surface area (Å²) >= 11 is 0. The number of halogens is 2. The molecule has 0 heterocycles. The Bertz CT molecular complexity index is 3810. The van der Waals surface area contributed by atoms with Gasteiger partial charge in [-0.2, -0.15) is 0 Å². The molecule has 0 spiro atoms. The lowest BCUT2D eigenvalue weighted by molar-refractivity contribution is 0.629. The molecule has 0 radical (unpaired) electrons. The van der Waals surface area contributed by atoms with Crippen LogP contribution >= 0.6 is 0 Å². The quantitative estimate of drug-likeness (QED) is 0.126. The molecule has 0 aliphatic carbocycles. The summed E-state index contributed by atoms with van der Waals surface area (Å²) in [6.45, 7) is 12.4. The van der Waals surface area contributed by atoms with Gasteiger partial charge < -0.3 is 9.80 Å². The zero-order chi connectivity index (χ0) is 50.8. The van der Waals surface area contributed by atoms with Gasteiger partial charge in [0.25, 0.3) is 0 Å². The minimum absolute atomic E-state index is 0.332. The third-order valence-electron chi connectivity index (χ3n) is 14.7. The summed E-state index contributed by atoms with van der Waals surface area (Å²) in [5, 5.41) is 6.12. The fraction of sp³-hybridized carbons (Fsp3) is 0.0857. The van der Waals surface area contributed by atoms with Gasteiger partial charge in [-0.1, -0.05) is 180 Å². The fourth-order valence-corrected chi connectivity index (χ4v) is 10.9. The fourth-order valence-electron chi connectivity index (χ4n) is 10.9. The SMILES string of the molecule is Cc1ccc(-c2cc(F)c(N(c3cccc(C)c3)c3ccc4ccc5c(N(c6cccc(C)c6)c6c(F)cc(-c7ccc(C)cc7)cc6-c6ccc(C)cc6)ccc6ccc3c4c65)c(-c3ccc(C)cc3)c2)cc1. The summed E-state index contributed by atoms with van der Waals surface area (Å²) in [5.74, 6) is -0.663. The Labute approximate surface area is 432 Å². The molecular weight excluding hydrogens is 907 g/mol. The van der Waals surface area contributed by atoms with Crippen molar-refractivity contribution in [3.05, 3.63) is 263 Å². The largest absolute Gasteiger partial charge is 0.307 e. The first kappa shape index (κ1) is 46.2. The standard InChI is InChI=1S/C70H54F2N2/c1-43-13-21-49(22-14-43)55-39-61(51-25-17-45(3)18-26-51)69(63(71)41-55)73(57-11-7-9-47(5)37-57)65-35-31-53-30-34-60-66(36-32-54-29-33-59(65)67(53)68(54)60)74(58-12-8-10-48(6)38-58)70-62(52-27-19-46(4)20-28-52)40-56(42-64(70)72)50-23-15-44(2)16-24-50/h7-42H,1-6H3. The van der Waals surface area contributed by atoms with Gasteiger partial charge >= 0.3 is 0 Å². The molecule has 0 aliphatic rings. The Morgan fingerprint density at radius 3 is 0.973 bits per heavy atom. The van der Waals surface area contributed by atoms with Crippen LogP contribution in [-0.2, 0) is 0 Å². The summed E-state index contributed by atoms with van der Waals surface area (Å²) in [6, 6.07) is 74.9. The molecule has 12 aromatic rings. The summed E-state index contributed by atoms with van der Waals surface area (Å²) < 4.78 is 35.8. The number of rotatable bonds is 10. The first-order chi connectivity index (χ1) is 35.9. The van der Waals surface area contributed by atoms with Crippen LogP contribution in [0.5, 0.6) is 0 Å². The number of hydrogen-bond acceptors (Lipinski definition) is 2. The van der Waals surface area contributed by atoms with Crippen molar-refractivity contribution in [3.63, 3.8) is 0 Å². The van der Waals surface area contributed by atoms with E-state index in [1.807, 2.05) is 12.1 Å². The minimum Gasteiger partial charge on any atom is -0.307 e. The second-order valence-electron chi connectivity index (χ2n) is 20.1. The monoisotopic (exact) mass is 960 g/mol. The molecule has 12 aromatic carbocycles. The molecule has 0 bridgehead atoms. The van der Waals surface area contributed by atoms with Crippen LogP contribution in [0.15, 0.2) is 218 Å². The third-order valence-corrected chi connectivity index (χ3v) is 14.7. The lowest BCUT2D eigenvalue weighted by Crippen LogP contribution is -2.15. The Hall–Kier alpha value is -8.86. The van der Waals surface area contributed by atoms with Gasteiger partial charge in [0.15, 0.2) is 0 Å². The highest BCUT2D eigenvalue weighted by atomic mass is 19.1. The average molecular weight is 961 g/mol. The van der Waals surface area contributed by atoms with E-state index in [4.69, 9.17) is 0 Å². The van der Waals surface area contributed by atoms with Crippen LogP contribution in [0.1, 0.15) is 33.4 Å². The Kier molecular flexibility index (Phi) is 11.6.